The highest BCUT2D eigenvalue weighted by molar-refractivity contribution is 6.44. The molecule has 0 heterocycles. The number of nitrogens with zero attached hydrogens (tertiary/aromatic N) is 3. The minimum absolute atomic E-state index is 0.208. The predicted octanol–water partition coefficient (Wildman–Crippen LogP) is 3.88. The molecular weight excluding hydrogens is 295 g/mol. The van der Waals surface area contributed by atoms with Gasteiger partial charge >= 0.3 is 0 Å². The molecule has 0 fully saturated rings. The summed E-state index contributed by atoms with van der Waals surface area (Å²) in [6.45, 7) is 0. The molecule has 18 heavy (non-hydrogen) atoms. The second-order valence-corrected chi connectivity index (χ2v) is 4.18. The van der Waals surface area contributed by atoms with Crippen molar-refractivity contribution in [2.45, 2.75) is 0 Å². The van der Waals surface area contributed by atoms with Crippen LogP contribution in [-0.4, -0.2) is 0 Å². The Kier molecular flexibility index (Phi) is 4.84. The van der Waals surface area contributed by atoms with Crippen molar-refractivity contribution < 1.29 is 0 Å². The number of nitriles is 3. The van der Waals surface area contributed by atoms with E-state index in [0.717, 1.165) is 0 Å². The Hall–Kier alpha value is -1.90. The van der Waals surface area contributed by atoms with Gasteiger partial charge in [-0.3, -0.25) is 0 Å². The first-order chi connectivity index (χ1) is 8.53. The lowest BCUT2D eigenvalue weighted by molar-refractivity contribution is 1.37. The summed E-state index contributed by atoms with van der Waals surface area (Å²) in [4.78, 5) is 0. The molecule has 0 saturated carbocycles. The zero-order chi connectivity index (χ0) is 13.7. The second kappa shape index (κ2) is 6.15. The average Bonchev–Trinajstić information content (AvgIpc) is 2.35. The molecule has 1 rings (SSSR count). The van der Waals surface area contributed by atoms with E-state index in [-0.39, 0.29) is 32.0 Å². The van der Waals surface area contributed by atoms with E-state index < -0.39 is 0 Å². The number of halogens is 3. The van der Waals surface area contributed by atoms with Gasteiger partial charge in [-0.2, -0.15) is 15.8 Å². The van der Waals surface area contributed by atoms with Gasteiger partial charge in [0.25, 0.3) is 0 Å². The zero-order valence-electron chi connectivity index (χ0n) is 8.63. The first-order valence-corrected chi connectivity index (χ1v) is 5.53. The topological polar surface area (TPSA) is 83.4 Å². The van der Waals surface area contributed by atoms with Crippen LogP contribution in [0.1, 0.15) is 0 Å². The summed E-state index contributed by atoms with van der Waals surface area (Å²) in [5.41, 5.74) is -0.273. The minimum atomic E-state index is -0.348. The maximum Gasteiger partial charge on any atom is 0.163 e. The van der Waals surface area contributed by atoms with Crippen molar-refractivity contribution in [1.29, 1.82) is 15.8 Å². The first-order valence-electron chi connectivity index (χ1n) is 4.39. The van der Waals surface area contributed by atoms with Crippen LogP contribution in [0.4, 0.5) is 5.69 Å². The molecular formula is C11H3Cl3N4. The van der Waals surface area contributed by atoms with Crippen molar-refractivity contribution in [3.05, 3.63) is 38.5 Å². The molecule has 1 N–H and O–H groups in total. The second-order valence-electron chi connectivity index (χ2n) is 2.96. The fraction of sp³-hybridized carbons (Fsp3) is 0. The van der Waals surface area contributed by atoms with E-state index in [4.69, 9.17) is 50.6 Å². The van der Waals surface area contributed by atoms with E-state index in [1.54, 1.807) is 18.2 Å². The summed E-state index contributed by atoms with van der Waals surface area (Å²) in [5.74, 6) is 0. The Bertz CT molecular complexity index is 628. The normalized spacial score (nSPS) is 8.67. The van der Waals surface area contributed by atoms with Gasteiger partial charge in [-0.15, -0.1) is 0 Å². The van der Waals surface area contributed by atoms with Crippen LogP contribution in [0.3, 0.4) is 0 Å². The lowest BCUT2D eigenvalue weighted by Crippen LogP contribution is -2.01. The fourth-order valence-electron chi connectivity index (χ4n) is 1.04. The van der Waals surface area contributed by atoms with E-state index in [1.165, 1.54) is 12.1 Å². The fourth-order valence-corrected chi connectivity index (χ4v) is 1.63. The number of rotatable bonds is 2. The van der Waals surface area contributed by atoms with Crippen molar-refractivity contribution in [3.8, 4) is 18.2 Å². The molecule has 0 aliphatic carbocycles. The Balaban J connectivity index is 3.26. The van der Waals surface area contributed by atoms with Gasteiger partial charge in [0.1, 0.15) is 23.9 Å². The summed E-state index contributed by atoms with van der Waals surface area (Å²) < 4.78 is 0. The summed E-state index contributed by atoms with van der Waals surface area (Å²) >= 11 is 17.4. The van der Waals surface area contributed by atoms with Crippen LogP contribution in [0.15, 0.2) is 23.4 Å². The number of hydrogen-bond donors (Lipinski definition) is 1. The van der Waals surface area contributed by atoms with Crippen molar-refractivity contribution in [2.24, 2.45) is 0 Å². The van der Waals surface area contributed by atoms with Crippen LogP contribution in [0.25, 0.3) is 0 Å². The van der Waals surface area contributed by atoms with Crippen LogP contribution in [0, 0.1) is 34.0 Å². The Morgan fingerprint density at radius 2 is 1.44 bits per heavy atom. The third-order valence-corrected chi connectivity index (χ3v) is 2.89. The van der Waals surface area contributed by atoms with Crippen molar-refractivity contribution in [1.82, 2.24) is 0 Å². The molecule has 7 heteroatoms. The maximum absolute atomic E-state index is 8.86. The van der Waals surface area contributed by atoms with Crippen molar-refractivity contribution in [2.75, 3.05) is 5.32 Å². The van der Waals surface area contributed by atoms with Crippen LogP contribution in [0.5, 0.6) is 0 Å². The Morgan fingerprint density at radius 3 is 1.94 bits per heavy atom. The van der Waals surface area contributed by atoms with E-state index in [2.05, 4.69) is 5.32 Å². The summed E-state index contributed by atoms with van der Waals surface area (Å²) in [6.07, 6.45) is 0. The molecule has 4 nitrogen and oxygen atoms in total. The minimum Gasteiger partial charge on any atom is -0.344 e. The maximum atomic E-state index is 8.86. The van der Waals surface area contributed by atoms with E-state index >= 15 is 0 Å². The average molecular weight is 298 g/mol. The molecule has 0 unspecified atom stereocenters. The smallest absolute Gasteiger partial charge is 0.163 e. The SMILES string of the molecule is N#CC(C#N)=C(C#N)Nc1cc(Cl)c(Cl)cc1Cl. The lowest BCUT2D eigenvalue weighted by Gasteiger charge is -2.08. The van der Waals surface area contributed by atoms with Gasteiger partial charge in [0.05, 0.1) is 20.8 Å². The molecule has 0 atom stereocenters. The standard InChI is InChI=1S/C11H3Cl3N4/c12-7-1-9(14)10(2-8(7)13)18-11(5-17)6(3-15)4-16/h1-2,18H. The van der Waals surface area contributed by atoms with Gasteiger partial charge in [-0.1, -0.05) is 34.8 Å². The largest absolute Gasteiger partial charge is 0.344 e. The molecule has 0 aliphatic heterocycles. The number of anilines is 1. The van der Waals surface area contributed by atoms with Crippen LogP contribution in [0.2, 0.25) is 15.1 Å². The number of allylic oxidation sites excluding steroid dienone is 2. The Morgan fingerprint density at radius 1 is 0.889 bits per heavy atom. The van der Waals surface area contributed by atoms with E-state index in [1.807, 2.05) is 0 Å². The van der Waals surface area contributed by atoms with Crippen molar-refractivity contribution >= 4 is 40.5 Å². The molecule has 1 aromatic rings. The molecule has 1 aromatic carbocycles. The Labute approximate surface area is 118 Å². The summed E-state index contributed by atoms with van der Waals surface area (Å²) in [7, 11) is 0. The van der Waals surface area contributed by atoms with Gasteiger partial charge in [0, 0.05) is 0 Å². The van der Waals surface area contributed by atoms with E-state index in [0.29, 0.717) is 0 Å². The molecule has 0 spiro atoms. The van der Waals surface area contributed by atoms with Gasteiger partial charge in [-0.05, 0) is 12.1 Å². The quantitative estimate of drug-likeness (QED) is 0.663. The molecule has 88 valence electrons. The highest BCUT2D eigenvalue weighted by atomic mass is 35.5. The van der Waals surface area contributed by atoms with Gasteiger partial charge < -0.3 is 5.32 Å². The number of hydrogen-bond acceptors (Lipinski definition) is 4. The number of nitrogens with one attached hydrogen (secondary N) is 1. The van der Waals surface area contributed by atoms with Gasteiger partial charge in [0.15, 0.2) is 5.57 Å². The third-order valence-electron chi connectivity index (χ3n) is 1.86. The molecule has 0 radical (unpaired) electrons. The monoisotopic (exact) mass is 296 g/mol. The highest BCUT2D eigenvalue weighted by Crippen LogP contribution is 2.33. The third kappa shape index (κ3) is 3.06. The predicted molar refractivity (Wildman–Crippen MR) is 69.0 cm³/mol. The molecule has 0 bridgehead atoms. The van der Waals surface area contributed by atoms with Gasteiger partial charge in [0.2, 0.25) is 0 Å². The lowest BCUT2D eigenvalue weighted by atomic mass is 10.2. The molecule has 0 saturated heterocycles. The highest BCUT2D eigenvalue weighted by Gasteiger charge is 2.10. The summed E-state index contributed by atoms with van der Waals surface area (Å²) in [6, 6.07) is 7.69. The van der Waals surface area contributed by atoms with Crippen molar-refractivity contribution in [3.63, 3.8) is 0 Å². The molecule has 0 amide bonds. The van der Waals surface area contributed by atoms with Crippen LogP contribution >= 0.6 is 34.8 Å². The molecule has 0 aliphatic rings. The van der Waals surface area contributed by atoms with Crippen LogP contribution < -0.4 is 5.32 Å². The number of benzene rings is 1. The first kappa shape index (κ1) is 14.2. The van der Waals surface area contributed by atoms with Gasteiger partial charge in [-0.25, -0.2) is 0 Å². The summed E-state index contributed by atoms with van der Waals surface area (Å²) in [5, 5.41) is 29.5. The van der Waals surface area contributed by atoms with E-state index in [9.17, 15) is 0 Å². The molecule has 0 aromatic heterocycles. The van der Waals surface area contributed by atoms with Crippen LogP contribution in [-0.2, 0) is 0 Å². The zero-order valence-corrected chi connectivity index (χ0v) is 10.9.